The average Bonchev–Trinajstić information content (AvgIpc) is 3.75. The van der Waals surface area contributed by atoms with Crippen LogP contribution < -0.4 is 4.74 Å². The number of benzene rings is 2. The topological polar surface area (TPSA) is 59.1 Å². The van der Waals surface area contributed by atoms with Crippen LogP contribution in [0.4, 0.5) is 0 Å². The molecule has 0 aromatic heterocycles. The van der Waals surface area contributed by atoms with Gasteiger partial charge in [-0.15, -0.1) is 0 Å². The van der Waals surface area contributed by atoms with Crippen molar-refractivity contribution in [1.82, 2.24) is 9.80 Å². The van der Waals surface area contributed by atoms with Crippen LogP contribution in [0.1, 0.15) is 68.8 Å². The number of amides is 1. The summed E-state index contributed by atoms with van der Waals surface area (Å²) < 4.78 is 11.8. The van der Waals surface area contributed by atoms with Gasteiger partial charge in [0.25, 0.3) is 5.91 Å². The van der Waals surface area contributed by atoms with Crippen LogP contribution in [0.2, 0.25) is 0 Å². The molecular weight excluding hydrogens is 488 g/mol. The van der Waals surface area contributed by atoms with Gasteiger partial charge in [0.1, 0.15) is 5.75 Å². The fourth-order valence-electron chi connectivity index (χ4n) is 7.13. The lowest BCUT2D eigenvalue weighted by Crippen LogP contribution is -2.62. The van der Waals surface area contributed by atoms with Crippen molar-refractivity contribution >= 4 is 11.9 Å². The summed E-state index contributed by atoms with van der Waals surface area (Å²) in [6, 6.07) is 17.8. The first-order valence-electron chi connectivity index (χ1n) is 14.7. The van der Waals surface area contributed by atoms with E-state index < -0.39 is 0 Å². The fraction of sp³-hybridized carbons (Fsp3) is 0.576. The maximum atomic E-state index is 14.0. The van der Waals surface area contributed by atoms with Gasteiger partial charge >= 0.3 is 5.97 Å². The smallest absolute Gasteiger partial charge is 0.308 e. The standard InChI is InChI=1S/C33H44N2O4/c1-23(2)20-35(32(37)26-9-6-5-7-10-26)28-18-31(38-4)30-22-34(21-25-13-14-25)16-15-33(30,19-28)27-11-8-12-29(17-27)39-24(3)36/h5-12,17,23,25,28,30-31H,13-16,18-22H2,1-4H3. The van der Waals surface area contributed by atoms with Gasteiger partial charge in [-0.3, -0.25) is 9.59 Å². The fourth-order valence-corrected chi connectivity index (χ4v) is 7.13. The molecule has 3 fully saturated rings. The van der Waals surface area contributed by atoms with Crippen molar-refractivity contribution in [3.8, 4) is 5.75 Å². The number of carbonyl (C=O) groups excluding carboxylic acids is 2. The monoisotopic (exact) mass is 532 g/mol. The summed E-state index contributed by atoms with van der Waals surface area (Å²) in [5.41, 5.74) is 1.76. The molecule has 3 aliphatic rings. The van der Waals surface area contributed by atoms with Crippen molar-refractivity contribution in [3.63, 3.8) is 0 Å². The number of carbonyl (C=O) groups is 2. The number of piperidine rings is 1. The SMILES string of the molecule is COC1CC(N(CC(C)C)C(=O)c2ccccc2)CC2(c3cccc(OC(C)=O)c3)CCN(CC3CC3)CC12. The number of rotatable bonds is 9. The van der Waals surface area contributed by atoms with E-state index in [1.54, 1.807) is 0 Å². The molecule has 39 heavy (non-hydrogen) atoms. The van der Waals surface area contributed by atoms with Crippen molar-refractivity contribution in [2.45, 2.75) is 70.4 Å². The minimum Gasteiger partial charge on any atom is -0.427 e. The van der Waals surface area contributed by atoms with Gasteiger partial charge < -0.3 is 19.3 Å². The van der Waals surface area contributed by atoms with E-state index in [-0.39, 0.29) is 29.4 Å². The van der Waals surface area contributed by atoms with E-state index in [4.69, 9.17) is 9.47 Å². The molecule has 4 atom stereocenters. The van der Waals surface area contributed by atoms with E-state index in [0.717, 1.165) is 43.8 Å². The largest absolute Gasteiger partial charge is 0.427 e. The van der Waals surface area contributed by atoms with Crippen LogP contribution in [0.5, 0.6) is 5.75 Å². The number of hydrogen-bond acceptors (Lipinski definition) is 5. The molecule has 2 aliphatic carbocycles. The minimum atomic E-state index is -0.312. The van der Waals surface area contributed by atoms with E-state index in [1.165, 1.54) is 31.9 Å². The second-order valence-corrected chi connectivity index (χ2v) is 12.4. The third-order valence-electron chi connectivity index (χ3n) is 9.06. The summed E-state index contributed by atoms with van der Waals surface area (Å²) in [6.45, 7) is 9.71. The number of esters is 1. The predicted octanol–water partition coefficient (Wildman–Crippen LogP) is 5.56. The normalized spacial score (nSPS) is 27.2. The average molecular weight is 533 g/mol. The molecule has 2 aromatic rings. The highest BCUT2D eigenvalue weighted by Gasteiger charge is 2.54. The van der Waals surface area contributed by atoms with Crippen molar-refractivity contribution in [2.24, 2.45) is 17.8 Å². The predicted molar refractivity (Wildman–Crippen MR) is 153 cm³/mol. The van der Waals surface area contributed by atoms with Crippen LogP contribution in [0.25, 0.3) is 0 Å². The molecular formula is C33H44N2O4. The molecule has 0 radical (unpaired) electrons. The van der Waals surface area contributed by atoms with E-state index in [2.05, 4.69) is 35.8 Å². The lowest BCUT2D eigenvalue weighted by molar-refractivity contribution is -0.131. The molecule has 1 heterocycles. The second kappa shape index (κ2) is 11.8. The third-order valence-corrected chi connectivity index (χ3v) is 9.06. The molecule has 5 rings (SSSR count). The molecule has 1 saturated heterocycles. The Morgan fingerprint density at radius 3 is 2.54 bits per heavy atom. The Bertz CT molecular complexity index is 1150. The second-order valence-electron chi connectivity index (χ2n) is 12.4. The van der Waals surface area contributed by atoms with Crippen LogP contribution in [-0.2, 0) is 14.9 Å². The number of nitrogens with zero attached hydrogens (tertiary/aromatic N) is 2. The van der Waals surface area contributed by atoms with E-state index in [0.29, 0.717) is 24.1 Å². The van der Waals surface area contributed by atoms with Crippen LogP contribution in [0, 0.1) is 17.8 Å². The molecule has 2 aromatic carbocycles. The van der Waals surface area contributed by atoms with Crippen molar-refractivity contribution in [3.05, 3.63) is 65.7 Å². The zero-order valence-electron chi connectivity index (χ0n) is 24.0. The van der Waals surface area contributed by atoms with E-state index >= 15 is 0 Å². The van der Waals surface area contributed by atoms with E-state index in [9.17, 15) is 9.59 Å². The van der Waals surface area contributed by atoms with Crippen LogP contribution in [0.15, 0.2) is 54.6 Å². The Morgan fingerprint density at radius 1 is 1.10 bits per heavy atom. The van der Waals surface area contributed by atoms with Gasteiger partial charge in [0.2, 0.25) is 0 Å². The lowest BCUT2D eigenvalue weighted by Gasteiger charge is -2.57. The molecule has 1 aliphatic heterocycles. The summed E-state index contributed by atoms with van der Waals surface area (Å²) in [5, 5.41) is 0. The minimum absolute atomic E-state index is 0.0290. The van der Waals surface area contributed by atoms with Crippen LogP contribution in [-0.4, -0.2) is 67.1 Å². The van der Waals surface area contributed by atoms with Crippen molar-refractivity contribution in [1.29, 1.82) is 0 Å². The Labute approximate surface area is 233 Å². The highest BCUT2D eigenvalue weighted by molar-refractivity contribution is 5.94. The Balaban J connectivity index is 1.53. The zero-order valence-corrected chi connectivity index (χ0v) is 24.0. The number of likely N-dealkylation sites (tertiary alicyclic amines) is 1. The van der Waals surface area contributed by atoms with Gasteiger partial charge in [-0.2, -0.15) is 0 Å². The summed E-state index contributed by atoms with van der Waals surface area (Å²) in [7, 11) is 1.83. The summed E-state index contributed by atoms with van der Waals surface area (Å²) >= 11 is 0. The van der Waals surface area contributed by atoms with Gasteiger partial charge in [-0.05, 0) is 80.3 Å². The molecule has 6 heteroatoms. The van der Waals surface area contributed by atoms with Gasteiger partial charge in [0.15, 0.2) is 0 Å². The highest BCUT2D eigenvalue weighted by Crippen LogP contribution is 2.52. The van der Waals surface area contributed by atoms with Crippen LogP contribution >= 0.6 is 0 Å². The number of fused-ring (bicyclic) bond motifs is 1. The zero-order chi connectivity index (χ0) is 27.6. The lowest BCUT2D eigenvalue weighted by atomic mass is 9.56. The Hall–Kier alpha value is -2.70. The molecule has 1 amide bonds. The number of hydrogen-bond donors (Lipinski definition) is 0. The van der Waals surface area contributed by atoms with Crippen molar-refractivity contribution < 1.29 is 19.1 Å². The van der Waals surface area contributed by atoms with Crippen molar-refractivity contribution in [2.75, 3.05) is 33.3 Å². The molecule has 6 nitrogen and oxygen atoms in total. The van der Waals surface area contributed by atoms with Gasteiger partial charge in [0.05, 0.1) is 6.10 Å². The van der Waals surface area contributed by atoms with Gasteiger partial charge in [0, 0.05) is 56.6 Å². The maximum Gasteiger partial charge on any atom is 0.308 e. The summed E-state index contributed by atoms with van der Waals surface area (Å²) in [6.07, 6.45) is 5.43. The Morgan fingerprint density at radius 2 is 1.87 bits per heavy atom. The third kappa shape index (κ3) is 6.22. The number of methoxy groups -OCH3 is 1. The van der Waals surface area contributed by atoms with Gasteiger partial charge in [-0.1, -0.05) is 44.2 Å². The quantitative estimate of drug-likeness (QED) is 0.313. The van der Waals surface area contributed by atoms with Crippen LogP contribution in [0.3, 0.4) is 0 Å². The van der Waals surface area contributed by atoms with E-state index in [1.807, 2.05) is 49.6 Å². The Kier molecular flexibility index (Phi) is 8.43. The first kappa shape index (κ1) is 27.9. The molecule has 210 valence electrons. The first-order chi connectivity index (χ1) is 18.8. The summed E-state index contributed by atoms with van der Waals surface area (Å²) in [4.78, 5) is 30.5. The first-order valence-corrected chi connectivity index (χ1v) is 14.7. The molecule has 0 N–H and O–H groups in total. The molecule has 4 unspecified atom stereocenters. The number of ether oxygens (including phenoxy) is 2. The summed E-state index contributed by atoms with van der Waals surface area (Å²) in [5.74, 6) is 1.86. The molecule has 0 spiro atoms. The van der Waals surface area contributed by atoms with Gasteiger partial charge in [-0.25, -0.2) is 0 Å². The molecule has 2 saturated carbocycles. The highest BCUT2D eigenvalue weighted by atomic mass is 16.5. The maximum absolute atomic E-state index is 14.0. The molecule has 0 bridgehead atoms.